The maximum absolute atomic E-state index is 4.88. The topological polar surface area (TPSA) is 41.6 Å². The molecule has 3 nitrogen and oxygen atoms in total. The number of nitrogens with one attached hydrogen (secondary N) is 1. The molecular formula is C10H9N3S. The monoisotopic (exact) mass is 203 g/mol. The van der Waals surface area contributed by atoms with Crippen molar-refractivity contribution in [3.63, 3.8) is 0 Å². The fourth-order valence-electron chi connectivity index (χ4n) is 1.28. The van der Waals surface area contributed by atoms with Gasteiger partial charge < -0.3 is 0 Å². The predicted octanol–water partition coefficient (Wildman–Crippen LogP) is 2.51. The molecule has 2 rings (SSSR count). The summed E-state index contributed by atoms with van der Waals surface area (Å²) in [5.74, 6) is 0. The Morgan fingerprint density at radius 3 is 2.57 bits per heavy atom. The molecule has 0 aliphatic rings. The number of hydrogen-bond donors (Lipinski definition) is 1. The molecule has 1 aromatic heterocycles. The van der Waals surface area contributed by atoms with E-state index in [1.54, 1.807) is 0 Å². The quantitative estimate of drug-likeness (QED) is 0.724. The van der Waals surface area contributed by atoms with Crippen LogP contribution in [0.3, 0.4) is 0 Å². The van der Waals surface area contributed by atoms with Gasteiger partial charge in [-0.15, -0.1) is 0 Å². The first-order chi connectivity index (χ1) is 6.77. The van der Waals surface area contributed by atoms with Crippen molar-refractivity contribution in [2.45, 2.75) is 6.92 Å². The lowest BCUT2D eigenvalue weighted by atomic mass is 10.1. The molecule has 0 radical (unpaired) electrons. The van der Waals surface area contributed by atoms with E-state index in [1.165, 1.54) is 0 Å². The van der Waals surface area contributed by atoms with Gasteiger partial charge in [-0.2, -0.15) is 5.10 Å². The Bertz CT molecular complexity index is 490. The lowest BCUT2D eigenvalue weighted by molar-refractivity contribution is 0.928. The van der Waals surface area contributed by atoms with Gasteiger partial charge in [0.25, 0.3) is 0 Å². The summed E-state index contributed by atoms with van der Waals surface area (Å²) in [4.78, 5) is 4.15. The highest BCUT2D eigenvalue weighted by atomic mass is 32.1. The van der Waals surface area contributed by atoms with Crippen molar-refractivity contribution in [1.29, 1.82) is 0 Å². The maximum Gasteiger partial charge on any atom is 0.213 e. The van der Waals surface area contributed by atoms with E-state index in [2.05, 4.69) is 15.2 Å². The molecule has 0 spiro atoms. The maximum atomic E-state index is 4.88. The van der Waals surface area contributed by atoms with Crippen LogP contribution in [0.2, 0.25) is 0 Å². The van der Waals surface area contributed by atoms with E-state index in [0.29, 0.717) is 4.77 Å². The van der Waals surface area contributed by atoms with Crippen molar-refractivity contribution in [2.75, 3.05) is 0 Å². The normalized spacial score (nSPS) is 10.1. The zero-order valence-corrected chi connectivity index (χ0v) is 8.51. The summed E-state index contributed by atoms with van der Waals surface area (Å²) in [6.07, 6.45) is 0. The third-order valence-electron chi connectivity index (χ3n) is 1.92. The Hall–Kier alpha value is -1.55. The highest BCUT2D eigenvalue weighted by Gasteiger charge is 2.02. The second-order valence-corrected chi connectivity index (χ2v) is 3.33. The van der Waals surface area contributed by atoms with Gasteiger partial charge in [-0.3, -0.25) is 5.10 Å². The fraction of sp³-hybridized carbons (Fsp3) is 0.100. The molecule has 0 unspecified atom stereocenters. The molecular weight excluding hydrogens is 194 g/mol. The van der Waals surface area contributed by atoms with Gasteiger partial charge in [0.15, 0.2) is 0 Å². The van der Waals surface area contributed by atoms with Gasteiger partial charge in [-0.05, 0) is 19.1 Å². The summed E-state index contributed by atoms with van der Waals surface area (Å²) in [6.45, 7) is 1.90. The first kappa shape index (κ1) is 9.02. The van der Waals surface area contributed by atoms with Crippen LogP contribution in [0.4, 0.5) is 0 Å². The molecule has 1 N–H and O–H groups in total. The third kappa shape index (κ3) is 1.70. The van der Waals surface area contributed by atoms with Crippen molar-refractivity contribution in [1.82, 2.24) is 15.2 Å². The summed E-state index contributed by atoms with van der Waals surface area (Å²) in [5, 5.41) is 6.85. The van der Waals surface area contributed by atoms with Gasteiger partial charge in [0.1, 0.15) is 5.69 Å². The van der Waals surface area contributed by atoms with Crippen LogP contribution in [-0.2, 0) is 0 Å². The number of nitrogens with zero attached hydrogens (tertiary/aromatic N) is 2. The summed E-state index contributed by atoms with van der Waals surface area (Å²) in [6, 6.07) is 9.90. The molecule has 0 saturated heterocycles. The summed E-state index contributed by atoms with van der Waals surface area (Å²) in [7, 11) is 0. The van der Waals surface area contributed by atoms with E-state index in [1.807, 2.05) is 37.3 Å². The molecule has 0 amide bonds. The van der Waals surface area contributed by atoms with Crippen LogP contribution in [0, 0.1) is 11.7 Å². The van der Waals surface area contributed by atoms with E-state index in [9.17, 15) is 0 Å². The van der Waals surface area contributed by atoms with Gasteiger partial charge >= 0.3 is 0 Å². The van der Waals surface area contributed by atoms with Gasteiger partial charge in [-0.1, -0.05) is 30.3 Å². The van der Waals surface area contributed by atoms with Crippen molar-refractivity contribution in [3.8, 4) is 11.3 Å². The lowest BCUT2D eigenvalue weighted by Crippen LogP contribution is -1.95. The minimum atomic E-state index is 0.419. The standard InChI is InChI=1S/C10H9N3S/c1-7-9(12-13-10(14)11-7)8-5-3-2-4-6-8/h2-6H,1H3,(H,11,13,14). The van der Waals surface area contributed by atoms with Crippen molar-refractivity contribution in [3.05, 3.63) is 40.8 Å². The van der Waals surface area contributed by atoms with Crippen molar-refractivity contribution in [2.24, 2.45) is 0 Å². The molecule has 0 bridgehead atoms. The van der Waals surface area contributed by atoms with E-state index in [4.69, 9.17) is 12.2 Å². The van der Waals surface area contributed by atoms with Crippen molar-refractivity contribution >= 4 is 12.2 Å². The van der Waals surface area contributed by atoms with Gasteiger partial charge in [0.2, 0.25) is 4.77 Å². The van der Waals surface area contributed by atoms with E-state index < -0.39 is 0 Å². The summed E-state index contributed by atoms with van der Waals surface area (Å²) in [5.41, 5.74) is 2.74. The van der Waals surface area contributed by atoms with Crippen LogP contribution in [0.15, 0.2) is 30.3 Å². The SMILES string of the molecule is Cc1nc(=S)[nH]nc1-c1ccccc1. The van der Waals surface area contributed by atoms with Crippen LogP contribution in [0.5, 0.6) is 0 Å². The Morgan fingerprint density at radius 1 is 1.21 bits per heavy atom. The second kappa shape index (κ2) is 3.67. The first-order valence-corrected chi connectivity index (χ1v) is 4.67. The molecule has 0 aliphatic heterocycles. The van der Waals surface area contributed by atoms with Crippen LogP contribution in [0.1, 0.15) is 5.69 Å². The molecule has 14 heavy (non-hydrogen) atoms. The molecule has 0 atom stereocenters. The third-order valence-corrected chi connectivity index (χ3v) is 2.11. The van der Waals surface area contributed by atoms with E-state index >= 15 is 0 Å². The number of aromatic nitrogens is 3. The molecule has 0 fully saturated rings. The molecule has 4 heteroatoms. The van der Waals surface area contributed by atoms with Crippen LogP contribution >= 0.6 is 12.2 Å². The number of benzene rings is 1. The number of hydrogen-bond acceptors (Lipinski definition) is 3. The Balaban J connectivity index is 2.58. The molecule has 0 saturated carbocycles. The molecule has 1 heterocycles. The Kier molecular flexibility index (Phi) is 2.37. The van der Waals surface area contributed by atoms with Crippen molar-refractivity contribution < 1.29 is 0 Å². The summed E-state index contributed by atoms with van der Waals surface area (Å²) < 4.78 is 0.419. The average Bonchev–Trinajstić information content (AvgIpc) is 2.19. The predicted molar refractivity (Wildman–Crippen MR) is 57.4 cm³/mol. The van der Waals surface area contributed by atoms with Crippen LogP contribution in [-0.4, -0.2) is 15.2 Å². The number of H-pyrrole nitrogens is 1. The summed E-state index contributed by atoms with van der Waals surface area (Å²) >= 11 is 4.88. The molecule has 1 aromatic carbocycles. The zero-order chi connectivity index (χ0) is 9.97. The Labute approximate surface area is 86.8 Å². The van der Waals surface area contributed by atoms with Gasteiger partial charge in [0.05, 0.1) is 5.69 Å². The second-order valence-electron chi connectivity index (χ2n) is 2.94. The highest BCUT2D eigenvalue weighted by Crippen LogP contribution is 2.17. The average molecular weight is 203 g/mol. The van der Waals surface area contributed by atoms with Crippen LogP contribution < -0.4 is 0 Å². The molecule has 2 aromatic rings. The molecule has 70 valence electrons. The number of aromatic amines is 1. The zero-order valence-electron chi connectivity index (χ0n) is 7.69. The smallest absolute Gasteiger partial charge is 0.213 e. The minimum Gasteiger partial charge on any atom is -0.251 e. The largest absolute Gasteiger partial charge is 0.251 e. The minimum absolute atomic E-state index is 0.419. The number of aryl methyl sites for hydroxylation is 1. The molecule has 0 aliphatic carbocycles. The highest BCUT2D eigenvalue weighted by molar-refractivity contribution is 7.71. The first-order valence-electron chi connectivity index (χ1n) is 4.26. The van der Waals surface area contributed by atoms with Gasteiger partial charge in [0, 0.05) is 5.56 Å². The fourth-order valence-corrected chi connectivity index (χ4v) is 1.47. The van der Waals surface area contributed by atoms with E-state index in [0.717, 1.165) is 17.0 Å². The van der Waals surface area contributed by atoms with Gasteiger partial charge in [-0.25, -0.2) is 4.98 Å². The van der Waals surface area contributed by atoms with E-state index in [-0.39, 0.29) is 0 Å². The van der Waals surface area contributed by atoms with Crippen LogP contribution in [0.25, 0.3) is 11.3 Å². The lowest BCUT2D eigenvalue weighted by Gasteiger charge is -2.01. The Morgan fingerprint density at radius 2 is 1.93 bits per heavy atom. The number of rotatable bonds is 1.